The predicted molar refractivity (Wildman–Crippen MR) is 66.9 cm³/mol. The minimum atomic E-state index is -0.482. The van der Waals surface area contributed by atoms with Gasteiger partial charge in [-0.25, -0.2) is 4.39 Å². The summed E-state index contributed by atoms with van der Waals surface area (Å²) in [6, 6.07) is 4.19. The van der Waals surface area contributed by atoms with Crippen LogP contribution in [0.1, 0.15) is 0 Å². The lowest BCUT2D eigenvalue weighted by Gasteiger charge is -2.33. The number of halogens is 1. The maximum Gasteiger partial charge on any atom is 0.257 e. The van der Waals surface area contributed by atoms with Crippen molar-refractivity contribution in [2.45, 2.75) is 6.10 Å². The molecule has 19 heavy (non-hydrogen) atoms. The normalized spacial score (nSPS) is 22.6. The van der Waals surface area contributed by atoms with E-state index in [9.17, 15) is 9.18 Å². The van der Waals surface area contributed by atoms with E-state index in [0.717, 1.165) is 6.54 Å². The Morgan fingerprint density at radius 3 is 3.11 bits per heavy atom. The molecule has 1 aromatic carbocycles. The second-order valence-electron chi connectivity index (χ2n) is 4.51. The Morgan fingerprint density at radius 2 is 2.32 bits per heavy atom. The second-order valence-corrected chi connectivity index (χ2v) is 4.51. The molecule has 1 unspecified atom stereocenters. The van der Waals surface area contributed by atoms with Gasteiger partial charge in [0.05, 0.1) is 18.8 Å². The smallest absolute Gasteiger partial charge is 0.257 e. The van der Waals surface area contributed by atoms with E-state index >= 15 is 0 Å². The van der Waals surface area contributed by atoms with Crippen LogP contribution >= 0.6 is 0 Å². The molecule has 3 rings (SSSR count). The minimum absolute atomic E-state index is 0.108. The average Bonchev–Trinajstić information content (AvgIpc) is 2.46. The highest BCUT2D eigenvalue weighted by atomic mass is 19.1. The first-order chi connectivity index (χ1) is 9.25. The first-order valence-electron chi connectivity index (χ1n) is 6.32. The van der Waals surface area contributed by atoms with Crippen molar-refractivity contribution in [3.63, 3.8) is 0 Å². The first kappa shape index (κ1) is 12.4. The van der Waals surface area contributed by atoms with Gasteiger partial charge in [0.25, 0.3) is 5.91 Å². The third-order valence-electron chi connectivity index (χ3n) is 3.25. The molecule has 2 aliphatic rings. The van der Waals surface area contributed by atoms with E-state index in [0.29, 0.717) is 37.7 Å². The Morgan fingerprint density at radius 1 is 1.42 bits per heavy atom. The molecular weight excluding hydrogens is 251 g/mol. The van der Waals surface area contributed by atoms with E-state index in [-0.39, 0.29) is 11.7 Å². The van der Waals surface area contributed by atoms with Gasteiger partial charge in [-0.05, 0) is 12.1 Å². The van der Waals surface area contributed by atoms with Gasteiger partial charge in [0.1, 0.15) is 24.3 Å². The van der Waals surface area contributed by atoms with Gasteiger partial charge < -0.3 is 19.7 Å². The average molecular weight is 266 g/mol. The van der Waals surface area contributed by atoms with Gasteiger partial charge in [-0.2, -0.15) is 0 Å². The molecule has 102 valence electrons. The van der Waals surface area contributed by atoms with Gasteiger partial charge in [0.2, 0.25) is 0 Å². The van der Waals surface area contributed by atoms with E-state index in [1.54, 1.807) is 11.0 Å². The van der Waals surface area contributed by atoms with E-state index in [1.165, 1.54) is 12.1 Å². The lowest BCUT2D eigenvalue weighted by molar-refractivity contribution is -0.131. The predicted octanol–water partition coefficient (Wildman–Crippen LogP) is 0.539. The molecule has 0 bridgehead atoms. The highest BCUT2D eigenvalue weighted by molar-refractivity contribution is 5.98. The second kappa shape index (κ2) is 5.14. The van der Waals surface area contributed by atoms with Crippen LogP contribution in [0.2, 0.25) is 0 Å². The zero-order valence-electron chi connectivity index (χ0n) is 10.4. The zero-order chi connectivity index (χ0) is 13.2. The molecule has 1 N–H and O–H groups in total. The van der Waals surface area contributed by atoms with Crippen LogP contribution in [0, 0.1) is 5.82 Å². The summed E-state index contributed by atoms with van der Waals surface area (Å²) < 4.78 is 24.0. The van der Waals surface area contributed by atoms with Crippen LogP contribution in [-0.2, 0) is 9.53 Å². The monoisotopic (exact) mass is 266 g/mol. The number of rotatable bonds is 1. The number of carbonyl (C=O) groups is 1. The lowest BCUT2D eigenvalue weighted by Crippen LogP contribution is -2.51. The maximum atomic E-state index is 13.2. The van der Waals surface area contributed by atoms with Gasteiger partial charge in [-0.1, -0.05) is 0 Å². The largest absolute Gasteiger partial charge is 0.489 e. The van der Waals surface area contributed by atoms with Gasteiger partial charge >= 0.3 is 0 Å². The van der Waals surface area contributed by atoms with Gasteiger partial charge in [-0.3, -0.25) is 4.79 Å². The summed E-state index contributed by atoms with van der Waals surface area (Å²) in [5.74, 6) is -0.0737. The van der Waals surface area contributed by atoms with Crippen molar-refractivity contribution in [3.8, 4) is 5.75 Å². The fraction of sp³-hybridized carbons (Fsp3) is 0.462. The number of hydrogen-bond donors (Lipinski definition) is 1. The highest BCUT2D eigenvalue weighted by Gasteiger charge is 2.31. The Balaban J connectivity index is 1.84. The molecule has 5 nitrogen and oxygen atoms in total. The lowest BCUT2D eigenvalue weighted by atomic mass is 10.2. The van der Waals surface area contributed by atoms with Crippen LogP contribution in [0.25, 0.3) is 0 Å². The van der Waals surface area contributed by atoms with Crippen molar-refractivity contribution in [1.82, 2.24) is 5.32 Å². The summed E-state index contributed by atoms with van der Waals surface area (Å²) in [4.78, 5) is 14.0. The molecule has 0 aliphatic carbocycles. The SMILES string of the molecule is O=C(C1CNCCO1)N1CCOc2cc(F)ccc21. The topological polar surface area (TPSA) is 50.8 Å². The summed E-state index contributed by atoms with van der Waals surface area (Å²) in [7, 11) is 0. The maximum absolute atomic E-state index is 13.2. The summed E-state index contributed by atoms with van der Waals surface area (Å²) in [5, 5.41) is 3.12. The molecule has 6 heteroatoms. The number of benzene rings is 1. The quantitative estimate of drug-likeness (QED) is 0.806. The highest BCUT2D eigenvalue weighted by Crippen LogP contribution is 2.32. The van der Waals surface area contributed by atoms with Crippen molar-refractivity contribution in [1.29, 1.82) is 0 Å². The van der Waals surface area contributed by atoms with Gasteiger partial charge in [0.15, 0.2) is 0 Å². The zero-order valence-corrected chi connectivity index (χ0v) is 10.4. The number of nitrogens with zero attached hydrogens (tertiary/aromatic N) is 1. The molecule has 1 atom stereocenters. The van der Waals surface area contributed by atoms with Crippen LogP contribution in [-0.4, -0.2) is 44.9 Å². The molecule has 1 aromatic rings. The van der Waals surface area contributed by atoms with E-state index in [1.807, 2.05) is 0 Å². The Kier molecular flexibility index (Phi) is 3.35. The van der Waals surface area contributed by atoms with Crippen LogP contribution in [0.3, 0.4) is 0 Å². The number of nitrogens with one attached hydrogen (secondary N) is 1. The molecule has 0 spiro atoms. The van der Waals surface area contributed by atoms with Crippen molar-refractivity contribution in [3.05, 3.63) is 24.0 Å². The molecule has 0 aromatic heterocycles. The molecule has 1 fully saturated rings. The van der Waals surface area contributed by atoms with Crippen molar-refractivity contribution in [2.75, 3.05) is 37.7 Å². The van der Waals surface area contributed by atoms with Gasteiger partial charge in [0, 0.05) is 19.2 Å². The summed E-state index contributed by atoms with van der Waals surface area (Å²) >= 11 is 0. The summed E-state index contributed by atoms with van der Waals surface area (Å²) in [5.41, 5.74) is 0.604. The fourth-order valence-electron chi connectivity index (χ4n) is 2.32. The minimum Gasteiger partial charge on any atom is -0.489 e. The third-order valence-corrected chi connectivity index (χ3v) is 3.25. The van der Waals surface area contributed by atoms with Crippen molar-refractivity contribution < 1.29 is 18.7 Å². The number of hydrogen-bond acceptors (Lipinski definition) is 4. The number of anilines is 1. The van der Waals surface area contributed by atoms with Gasteiger partial charge in [-0.15, -0.1) is 0 Å². The van der Waals surface area contributed by atoms with Crippen LogP contribution < -0.4 is 15.0 Å². The van der Waals surface area contributed by atoms with Crippen LogP contribution in [0.15, 0.2) is 18.2 Å². The van der Waals surface area contributed by atoms with Crippen LogP contribution in [0.4, 0.5) is 10.1 Å². The number of fused-ring (bicyclic) bond motifs is 1. The number of amides is 1. The van der Waals surface area contributed by atoms with Crippen LogP contribution in [0.5, 0.6) is 5.75 Å². The Bertz CT molecular complexity index is 489. The number of morpholine rings is 1. The van der Waals surface area contributed by atoms with E-state index in [4.69, 9.17) is 9.47 Å². The van der Waals surface area contributed by atoms with Crippen molar-refractivity contribution in [2.24, 2.45) is 0 Å². The molecule has 2 heterocycles. The molecule has 2 aliphatic heterocycles. The number of ether oxygens (including phenoxy) is 2. The van der Waals surface area contributed by atoms with E-state index < -0.39 is 6.10 Å². The summed E-state index contributed by atoms with van der Waals surface area (Å²) in [6.45, 7) is 2.61. The first-order valence-corrected chi connectivity index (χ1v) is 6.32. The van der Waals surface area contributed by atoms with E-state index in [2.05, 4.69) is 5.32 Å². The third kappa shape index (κ3) is 2.41. The summed E-state index contributed by atoms with van der Waals surface area (Å²) in [6.07, 6.45) is -0.482. The molecule has 0 saturated carbocycles. The molecule has 0 radical (unpaired) electrons. The van der Waals surface area contributed by atoms with Crippen molar-refractivity contribution >= 4 is 11.6 Å². The Labute approximate surface area is 110 Å². The molecule has 1 saturated heterocycles. The molecule has 1 amide bonds. The Hall–Kier alpha value is -1.66. The standard InChI is InChI=1S/C13H15FN2O3/c14-9-1-2-10-11(7-9)19-6-4-16(10)13(17)12-8-15-3-5-18-12/h1-2,7,12,15H,3-6,8H2. The number of carbonyl (C=O) groups excluding carboxylic acids is 1. The molecular formula is C13H15FN2O3. The fourth-order valence-corrected chi connectivity index (χ4v) is 2.32.